The summed E-state index contributed by atoms with van der Waals surface area (Å²) in [4.78, 5) is 26.7. The molecule has 0 spiro atoms. The summed E-state index contributed by atoms with van der Waals surface area (Å²) in [5, 5.41) is 11.7. The Morgan fingerprint density at radius 2 is 1.65 bits per heavy atom. The average Bonchev–Trinajstić information content (AvgIpc) is 2.73. The predicted octanol–water partition coefficient (Wildman–Crippen LogP) is 2.83. The van der Waals surface area contributed by atoms with Crippen LogP contribution in [0.5, 0.6) is 0 Å². The summed E-state index contributed by atoms with van der Waals surface area (Å²) in [6, 6.07) is 4.09. The van der Waals surface area contributed by atoms with E-state index in [1.165, 1.54) is 16.4 Å². The largest absolute Gasteiger partial charge is 0.444 e. The third-order valence-corrected chi connectivity index (χ3v) is 7.26. The van der Waals surface area contributed by atoms with E-state index >= 15 is 0 Å². The van der Waals surface area contributed by atoms with Gasteiger partial charge in [0.05, 0.1) is 9.82 Å². The van der Waals surface area contributed by atoms with Crippen molar-refractivity contribution < 1.29 is 22.9 Å². The van der Waals surface area contributed by atoms with Crippen molar-refractivity contribution in [1.29, 1.82) is 0 Å². The fourth-order valence-corrected chi connectivity index (χ4v) is 5.33. The number of hydrogen-bond acceptors (Lipinski definition) is 7. The van der Waals surface area contributed by atoms with Crippen LogP contribution in [0, 0.1) is 10.1 Å². The molecule has 0 atom stereocenters. The van der Waals surface area contributed by atoms with Crippen molar-refractivity contribution >= 4 is 27.5 Å². The molecule has 0 saturated carbocycles. The molecule has 2 aliphatic heterocycles. The SMILES string of the molecule is CC(C)(C)OC(=O)N1CCN(c2ccc(S(=O)(=O)N3CCCCC3)cc2[N+](=O)[O-])CC1. The van der Waals surface area contributed by atoms with Crippen molar-refractivity contribution in [3.8, 4) is 0 Å². The number of ether oxygens (including phenoxy) is 1. The Morgan fingerprint density at radius 3 is 2.19 bits per heavy atom. The van der Waals surface area contributed by atoms with Crippen molar-refractivity contribution in [3.63, 3.8) is 0 Å². The lowest BCUT2D eigenvalue weighted by Crippen LogP contribution is -2.50. The van der Waals surface area contributed by atoms with Gasteiger partial charge in [-0.3, -0.25) is 10.1 Å². The molecule has 0 N–H and O–H groups in total. The summed E-state index contributed by atoms with van der Waals surface area (Å²) in [5.41, 5.74) is -0.488. The molecule has 2 saturated heterocycles. The molecule has 1 aromatic carbocycles. The molecule has 11 heteroatoms. The fourth-order valence-electron chi connectivity index (χ4n) is 3.79. The number of nitrogens with zero attached hydrogens (tertiary/aromatic N) is 4. The van der Waals surface area contributed by atoms with Gasteiger partial charge in [-0.25, -0.2) is 13.2 Å². The zero-order valence-corrected chi connectivity index (χ0v) is 19.1. The molecule has 0 aromatic heterocycles. The second kappa shape index (κ2) is 8.99. The number of nitro benzene ring substituents is 1. The molecular weight excluding hydrogens is 424 g/mol. The molecule has 3 rings (SSSR count). The third kappa shape index (κ3) is 5.45. The van der Waals surface area contributed by atoms with Gasteiger partial charge in [-0.2, -0.15) is 4.31 Å². The molecule has 172 valence electrons. The number of carbonyl (C=O) groups is 1. The Balaban J connectivity index is 1.77. The maximum Gasteiger partial charge on any atom is 0.410 e. The maximum absolute atomic E-state index is 12.9. The highest BCUT2D eigenvalue weighted by Crippen LogP contribution is 2.33. The van der Waals surface area contributed by atoms with Crippen molar-refractivity contribution in [2.24, 2.45) is 0 Å². The van der Waals surface area contributed by atoms with Crippen LogP contribution >= 0.6 is 0 Å². The molecule has 1 aromatic rings. The van der Waals surface area contributed by atoms with E-state index in [9.17, 15) is 23.3 Å². The van der Waals surface area contributed by atoms with Crippen molar-refractivity contribution in [2.75, 3.05) is 44.2 Å². The summed E-state index contributed by atoms with van der Waals surface area (Å²) < 4.78 is 32.6. The van der Waals surface area contributed by atoms with Gasteiger partial charge in [0.25, 0.3) is 5.69 Å². The lowest BCUT2D eigenvalue weighted by molar-refractivity contribution is -0.384. The van der Waals surface area contributed by atoms with E-state index < -0.39 is 26.6 Å². The van der Waals surface area contributed by atoms with Crippen molar-refractivity contribution in [2.45, 2.75) is 50.5 Å². The molecule has 2 aliphatic rings. The summed E-state index contributed by atoms with van der Waals surface area (Å²) in [6.45, 7) is 7.75. The highest BCUT2D eigenvalue weighted by Gasteiger charge is 2.32. The number of benzene rings is 1. The number of anilines is 1. The van der Waals surface area contributed by atoms with Crippen molar-refractivity contribution in [3.05, 3.63) is 28.3 Å². The van der Waals surface area contributed by atoms with E-state index in [0.29, 0.717) is 45.0 Å². The first kappa shape index (κ1) is 23.3. The minimum atomic E-state index is -3.76. The van der Waals surface area contributed by atoms with E-state index in [2.05, 4.69) is 0 Å². The first-order valence-corrected chi connectivity index (χ1v) is 11.9. The van der Waals surface area contributed by atoms with Gasteiger partial charge in [0, 0.05) is 45.3 Å². The molecule has 0 radical (unpaired) electrons. The van der Waals surface area contributed by atoms with Gasteiger partial charge >= 0.3 is 6.09 Å². The number of nitro groups is 1. The number of hydrogen-bond donors (Lipinski definition) is 0. The summed E-state index contributed by atoms with van der Waals surface area (Å²) >= 11 is 0. The third-order valence-electron chi connectivity index (χ3n) is 5.37. The Morgan fingerprint density at radius 1 is 1.03 bits per heavy atom. The zero-order chi connectivity index (χ0) is 22.8. The summed E-state index contributed by atoms with van der Waals surface area (Å²) in [6.07, 6.45) is 2.16. The quantitative estimate of drug-likeness (QED) is 0.508. The number of sulfonamides is 1. The minimum Gasteiger partial charge on any atom is -0.444 e. The van der Waals surface area contributed by atoms with Crippen molar-refractivity contribution in [1.82, 2.24) is 9.21 Å². The molecule has 0 aliphatic carbocycles. The highest BCUT2D eigenvalue weighted by atomic mass is 32.2. The number of amides is 1. The lowest BCUT2D eigenvalue weighted by atomic mass is 10.2. The first-order valence-electron chi connectivity index (χ1n) is 10.5. The topological polar surface area (TPSA) is 113 Å². The highest BCUT2D eigenvalue weighted by molar-refractivity contribution is 7.89. The van der Waals surface area contributed by atoms with Gasteiger partial charge in [0.2, 0.25) is 10.0 Å². The second-order valence-corrected chi connectivity index (χ2v) is 10.8. The van der Waals surface area contributed by atoms with E-state index in [0.717, 1.165) is 25.3 Å². The smallest absolute Gasteiger partial charge is 0.410 e. The van der Waals surface area contributed by atoms with Crippen LogP contribution in [-0.4, -0.2) is 73.5 Å². The van der Waals surface area contributed by atoms with Crippen LogP contribution in [0.2, 0.25) is 0 Å². The molecule has 0 unspecified atom stereocenters. The Kier molecular flexibility index (Phi) is 6.75. The van der Waals surface area contributed by atoms with Gasteiger partial charge in [-0.15, -0.1) is 0 Å². The van der Waals surface area contributed by atoms with E-state index in [-0.39, 0.29) is 10.6 Å². The standard InChI is InChI=1S/C20H30N4O6S/c1-20(2,3)30-19(25)22-13-11-21(12-14-22)17-8-7-16(15-18(17)24(26)27)31(28,29)23-9-5-4-6-10-23/h7-8,15H,4-6,9-14H2,1-3H3. The molecular formula is C20H30N4O6S. The molecule has 2 fully saturated rings. The number of carbonyl (C=O) groups excluding carboxylic acids is 1. The fraction of sp³-hybridized carbons (Fsp3) is 0.650. The Hall–Kier alpha value is -2.40. The maximum atomic E-state index is 12.9. The number of rotatable bonds is 4. The van der Waals surface area contributed by atoms with Crippen LogP contribution in [-0.2, 0) is 14.8 Å². The first-order chi connectivity index (χ1) is 14.5. The zero-order valence-electron chi connectivity index (χ0n) is 18.2. The van der Waals surface area contributed by atoms with Crippen LogP contribution in [0.1, 0.15) is 40.0 Å². The van der Waals surface area contributed by atoms with Gasteiger partial charge in [0.15, 0.2) is 0 Å². The van der Waals surface area contributed by atoms with E-state index in [1.807, 2.05) is 0 Å². The number of piperidine rings is 1. The molecule has 2 heterocycles. The predicted molar refractivity (Wildman–Crippen MR) is 116 cm³/mol. The van der Waals surface area contributed by atoms with Gasteiger partial charge in [-0.1, -0.05) is 6.42 Å². The summed E-state index contributed by atoms with van der Waals surface area (Å²) in [5.74, 6) is 0. The van der Waals surface area contributed by atoms with E-state index in [1.54, 1.807) is 30.6 Å². The normalized spacial score (nSPS) is 18.7. The van der Waals surface area contributed by atoms with Crippen LogP contribution in [0.3, 0.4) is 0 Å². The van der Waals surface area contributed by atoms with Crippen LogP contribution in [0.25, 0.3) is 0 Å². The summed E-state index contributed by atoms with van der Waals surface area (Å²) in [7, 11) is -3.76. The monoisotopic (exact) mass is 454 g/mol. The van der Waals surface area contributed by atoms with Gasteiger partial charge in [0.1, 0.15) is 11.3 Å². The van der Waals surface area contributed by atoms with Crippen LogP contribution in [0.4, 0.5) is 16.2 Å². The van der Waals surface area contributed by atoms with Crippen LogP contribution < -0.4 is 4.90 Å². The number of piperazine rings is 1. The molecule has 1 amide bonds. The van der Waals surface area contributed by atoms with Gasteiger partial charge < -0.3 is 14.5 Å². The molecule has 0 bridgehead atoms. The molecule has 10 nitrogen and oxygen atoms in total. The van der Waals surface area contributed by atoms with Gasteiger partial charge in [-0.05, 0) is 45.7 Å². The second-order valence-electron chi connectivity index (χ2n) is 8.83. The molecule has 31 heavy (non-hydrogen) atoms. The van der Waals surface area contributed by atoms with Crippen LogP contribution in [0.15, 0.2) is 23.1 Å². The minimum absolute atomic E-state index is 0.0581. The average molecular weight is 455 g/mol. The lowest BCUT2D eigenvalue weighted by Gasteiger charge is -2.36. The van der Waals surface area contributed by atoms with E-state index in [4.69, 9.17) is 4.74 Å². The Bertz CT molecular complexity index is 929. The Labute approximate surface area is 182 Å².